The monoisotopic (exact) mass is 633 g/mol. The van der Waals surface area contributed by atoms with Gasteiger partial charge < -0.3 is 15.0 Å². The smallest absolute Gasteiger partial charge is 0.406 e. The van der Waals surface area contributed by atoms with Gasteiger partial charge in [0.2, 0.25) is 11.9 Å². The number of nitrogens with zero attached hydrogens (tertiary/aromatic N) is 6. The van der Waals surface area contributed by atoms with Crippen LogP contribution < -0.4 is 19.9 Å². The zero-order valence-corrected chi connectivity index (χ0v) is 24.9. The van der Waals surface area contributed by atoms with E-state index in [4.69, 9.17) is 0 Å². The minimum atomic E-state index is -4.75. The Morgan fingerprint density at radius 2 is 1.89 bits per heavy atom. The SMILES string of the molecule is CC(C)c1cc(F)ccc1N1C(=O)CS/C1=N\C(=O)NCCC1CCN(c2ncn(-c3ccc(OC(F)(F)F)cc3)n2)CC1. The Labute approximate surface area is 255 Å². The first kappa shape index (κ1) is 31.3. The van der Waals surface area contributed by atoms with E-state index in [0.717, 1.165) is 19.3 Å². The topological polar surface area (TPSA) is 105 Å². The van der Waals surface area contributed by atoms with Crippen molar-refractivity contribution in [2.45, 2.75) is 45.4 Å². The van der Waals surface area contributed by atoms with Gasteiger partial charge in [0.15, 0.2) is 5.17 Å². The summed E-state index contributed by atoms with van der Waals surface area (Å²) in [4.78, 5) is 37.2. The molecule has 5 rings (SSSR count). The third-order valence-electron chi connectivity index (χ3n) is 7.36. The number of aliphatic imine (C=N–C) groups is 1. The number of amides is 3. The standard InChI is InChI=1S/C29H31F4N7O3S/c1-18(2)23-15-20(30)3-8-24(23)40-25(41)16-44-28(40)36-27(42)34-12-9-19-10-13-38(14-11-19)26-35-17-39(37-26)21-4-6-22(7-5-21)43-29(31,32)33/h3-8,15,17-19H,9-14,16H2,1-2H3,(H,34,42)/b36-28-. The van der Waals surface area contributed by atoms with Crippen molar-refractivity contribution in [1.29, 1.82) is 0 Å². The molecule has 234 valence electrons. The van der Waals surface area contributed by atoms with E-state index in [1.165, 1.54) is 64.1 Å². The van der Waals surface area contributed by atoms with Crippen LogP contribution in [0.25, 0.3) is 5.69 Å². The molecule has 3 aromatic rings. The first-order valence-corrected chi connectivity index (χ1v) is 15.1. The largest absolute Gasteiger partial charge is 0.573 e. The molecule has 44 heavy (non-hydrogen) atoms. The van der Waals surface area contributed by atoms with Crippen molar-refractivity contribution < 1.29 is 31.9 Å². The lowest BCUT2D eigenvalue weighted by Gasteiger charge is -2.31. The number of thioether (sulfide) groups is 1. The molecule has 0 bridgehead atoms. The van der Waals surface area contributed by atoms with Crippen molar-refractivity contribution in [3.63, 3.8) is 0 Å². The maximum absolute atomic E-state index is 13.9. The summed E-state index contributed by atoms with van der Waals surface area (Å²) in [5.41, 5.74) is 1.74. The molecular weight excluding hydrogens is 602 g/mol. The first-order chi connectivity index (χ1) is 21.0. The van der Waals surface area contributed by atoms with Gasteiger partial charge in [0.1, 0.15) is 17.9 Å². The number of hydrogen-bond acceptors (Lipinski definition) is 7. The average molecular weight is 634 g/mol. The van der Waals surface area contributed by atoms with Crippen molar-refractivity contribution in [1.82, 2.24) is 20.1 Å². The van der Waals surface area contributed by atoms with Crippen LogP contribution in [0.4, 0.5) is 34.0 Å². The molecule has 1 aromatic heterocycles. The predicted octanol–water partition coefficient (Wildman–Crippen LogP) is 5.88. The Kier molecular flexibility index (Phi) is 9.42. The molecule has 1 N–H and O–H groups in total. The molecule has 2 saturated heterocycles. The van der Waals surface area contributed by atoms with Gasteiger partial charge >= 0.3 is 12.4 Å². The summed E-state index contributed by atoms with van der Waals surface area (Å²) in [6.07, 6.45) is -0.762. The lowest BCUT2D eigenvalue weighted by atomic mass is 9.94. The van der Waals surface area contributed by atoms with E-state index in [2.05, 4.69) is 25.1 Å². The molecule has 3 heterocycles. The summed E-state index contributed by atoms with van der Waals surface area (Å²) in [6, 6.07) is 9.08. The number of urea groups is 1. The van der Waals surface area contributed by atoms with Crippen LogP contribution in [-0.4, -0.2) is 63.6 Å². The normalized spacial score (nSPS) is 17.2. The summed E-state index contributed by atoms with van der Waals surface area (Å²) < 4.78 is 56.5. The highest BCUT2D eigenvalue weighted by molar-refractivity contribution is 8.15. The fraction of sp³-hybridized carbons (Fsp3) is 0.414. The van der Waals surface area contributed by atoms with Crippen molar-refractivity contribution >= 4 is 40.5 Å². The number of halogens is 4. The van der Waals surface area contributed by atoms with Crippen molar-refractivity contribution in [2.75, 3.05) is 35.2 Å². The van der Waals surface area contributed by atoms with Crippen LogP contribution in [0.15, 0.2) is 53.8 Å². The van der Waals surface area contributed by atoms with Crippen LogP contribution in [-0.2, 0) is 4.79 Å². The number of alkyl halides is 3. The lowest BCUT2D eigenvalue weighted by molar-refractivity contribution is -0.274. The summed E-state index contributed by atoms with van der Waals surface area (Å²) in [6.45, 7) is 5.67. The second kappa shape index (κ2) is 13.2. The molecule has 0 atom stereocenters. The molecule has 15 heteroatoms. The Morgan fingerprint density at radius 3 is 2.57 bits per heavy atom. The number of piperidine rings is 1. The molecule has 2 aromatic carbocycles. The quantitative estimate of drug-likeness (QED) is 0.309. The van der Waals surface area contributed by atoms with E-state index < -0.39 is 18.2 Å². The second-order valence-corrected chi connectivity index (χ2v) is 11.7. The fourth-order valence-electron chi connectivity index (χ4n) is 5.13. The van der Waals surface area contributed by atoms with Crippen LogP contribution in [0.1, 0.15) is 44.6 Å². The molecule has 2 aliphatic heterocycles. The average Bonchev–Trinajstić information content (AvgIpc) is 3.60. The van der Waals surface area contributed by atoms with Gasteiger partial charge in [-0.15, -0.1) is 18.3 Å². The van der Waals surface area contributed by atoms with E-state index in [-0.39, 0.29) is 28.5 Å². The number of anilines is 2. The number of ether oxygens (including phenoxy) is 1. The van der Waals surface area contributed by atoms with Crippen LogP contribution in [0.5, 0.6) is 5.75 Å². The minimum Gasteiger partial charge on any atom is -0.406 e. The van der Waals surface area contributed by atoms with Crippen LogP contribution >= 0.6 is 11.8 Å². The first-order valence-electron chi connectivity index (χ1n) is 14.1. The Morgan fingerprint density at radius 1 is 1.16 bits per heavy atom. The van der Waals surface area contributed by atoms with Gasteiger partial charge in [0.05, 0.1) is 17.1 Å². The Hall–Kier alpha value is -4.14. The van der Waals surface area contributed by atoms with E-state index >= 15 is 0 Å². The molecule has 3 amide bonds. The maximum Gasteiger partial charge on any atom is 0.573 e. The predicted molar refractivity (Wildman–Crippen MR) is 159 cm³/mol. The summed E-state index contributed by atoms with van der Waals surface area (Å²) >= 11 is 1.17. The van der Waals surface area contributed by atoms with Gasteiger partial charge in [-0.3, -0.25) is 9.69 Å². The van der Waals surface area contributed by atoms with Crippen molar-refractivity contribution in [3.8, 4) is 11.4 Å². The second-order valence-electron chi connectivity index (χ2n) is 10.8. The number of aromatic nitrogens is 3. The van der Waals surface area contributed by atoms with Crippen LogP contribution in [0.2, 0.25) is 0 Å². The highest BCUT2D eigenvalue weighted by Crippen LogP contribution is 2.34. The number of benzene rings is 2. The zero-order valence-electron chi connectivity index (χ0n) is 24.1. The molecule has 2 aliphatic rings. The van der Waals surface area contributed by atoms with Crippen LogP contribution in [0, 0.1) is 11.7 Å². The molecule has 0 unspecified atom stereocenters. The third-order valence-corrected chi connectivity index (χ3v) is 8.28. The van der Waals surface area contributed by atoms with Crippen molar-refractivity contribution in [2.24, 2.45) is 10.9 Å². The fourth-order valence-corrected chi connectivity index (χ4v) is 5.99. The van der Waals surface area contributed by atoms with Crippen LogP contribution in [0.3, 0.4) is 0 Å². The van der Waals surface area contributed by atoms with Gasteiger partial charge in [-0.25, -0.2) is 13.9 Å². The van der Waals surface area contributed by atoms with E-state index in [1.54, 1.807) is 6.07 Å². The van der Waals surface area contributed by atoms with E-state index in [1.807, 2.05) is 18.7 Å². The molecule has 0 spiro atoms. The number of nitrogens with one attached hydrogen (secondary N) is 1. The van der Waals surface area contributed by atoms with Gasteiger partial charge in [-0.2, -0.15) is 9.98 Å². The molecule has 10 nitrogen and oxygen atoms in total. The van der Waals surface area contributed by atoms with Crippen molar-refractivity contribution in [3.05, 3.63) is 60.2 Å². The summed E-state index contributed by atoms with van der Waals surface area (Å²) in [5, 5.41) is 7.56. The number of amidine groups is 1. The van der Waals surface area contributed by atoms with E-state index in [0.29, 0.717) is 48.4 Å². The Bertz CT molecular complexity index is 1520. The highest BCUT2D eigenvalue weighted by Gasteiger charge is 2.33. The molecule has 0 saturated carbocycles. The number of carbonyl (C=O) groups is 2. The maximum atomic E-state index is 13.9. The van der Waals surface area contributed by atoms with Gasteiger partial charge in [-0.05, 0) is 79.1 Å². The molecule has 2 fully saturated rings. The number of rotatable bonds is 8. The zero-order chi connectivity index (χ0) is 31.4. The minimum absolute atomic E-state index is 0.0328. The number of carbonyl (C=O) groups excluding carboxylic acids is 2. The third kappa shape index (κ3) is 7.68. The van der Waals surface area contributed by atoms with Gasteiger partial charge in [0.25, 0.3) is 0 Å². The molecule has 0 radical (unpaired) electrons. The highest BCUT2D eigenvalue weighted by atomic mass is 32.2. The van der Waals surface area contributed by atoms with Gasteiger partial charge in [-0.1, -0.05) is 25.6 Å². The summed E-state index contributed by atoms with van der Waals surface area (Å²) in [7, 11) is 0. The summed E-state index contributed by atoms with van der Waals surface area (Å²) in [5.74, 6) is 0.0935. The molecule has 0 aliphatic carbocycles. The lowest BCUT2D eigenvalue weighted by Crippen LogP contribution is -2.36. The van der Waals surface area contributed by atoms with E-state index in [9.17, 15) is 27.2 Å². The Balaban J connectivity index is 1.10. The molecular formula is C29H31F4N7O3S. The van der Waals surface area contributed by atoms with Gasteiger partial charge in [0, 0.05) is 19.6 Å². The number of hydrogen-bond donors (Lipinski definition) is 1.